The molecule has 1 aromatic carbocycles. The zero-order valence-electron chi connectivity index (χ0n) is 14.2. The van der Waals surface area contributed by atoms with Gasteiger partial charge < -0.3 is 14.4 Å². The maximum absolute atomic E-state index is 13.5. The predicted molar refractivity (Wildman–Crippen MR) is 96.0 cm³/mol. The molecule has 136 valence electrons. The van der Waals surface area contributed by atoms with E-state index in [9.17, 15) is 9.18 Å². The Labute approximate surface area is 158 Å². The molecule has 2 aliphatic rings. The predicted octanol–water partition coefficient (Wildman–Crippen LogP) is 3.14. The van der Waals surface area contributed by atoms with Gasteiger partial charge in [-0.1, -0.05) is 0 Å². The Morgan fingerprint density at radius 3 is 2.88 bits per heavy atom. The van der Waals surface area contributed by atoms with Crippen molar-refractivity contribution in [2.75, 3.05) is 25.1 Å². The first-order valence-electron chi connectivity index (χ1n) is 8.33. The van der Waals surface area contributed by atoms with Crippen LogP contribution in [0, 0.1) is 5.82 Å². The van der Waals surface area contributed by atoms with Gasteiger partial charge in [0.25, 0.3) is 0 Å². The van der Waals surface area contributed by atoms with Crippen LogP contribution in [0.5, 0.6) is 5.75 Å². The van der Waals surface area contributed by atoms with Gasteiger partial charge in [0.15, 0.2) is 11.5 Å². The summed E-state index contributed by atoms with van der Waals surface area (Å²) in [7, 11) is 1.32. The quantitative estimate of drug-likeness (QED) is 0.694. The molecular formula is C18H17BrFN3O3. The Hall–Kier alpha value is -2.22. The van der Waals surface area contributed by atoms with Crippen molar-refractivity contribution < 1.29 is 18.7 Å². The fourth-order valence-corrected chi connectivity index (χ4v) is 3.91. The molecule has 2 aliphatic heterocycles. The molecule has 1 aromatic heterocycles. The van der Waals surface area contributed by atoms with Crippen molar-refractivity contribution in [1.82, 2.24) is 9.97 Å². The normalized spacial score (nSPS) is 17.7. The summed E-state index contributed by atoms with van der Waals surface area (Å²) in [5.74, 6) is 0.513. The van der Waals surface area contributed by atoms with Gasteiger partial charge in [-0.25, -0.2) is 19.2 Å². The minimum Gasteiger partial charge on any atom is -0.487 e. The molecule has 0 radical (unpaired) electrons. The third kappa shape index (κ3) is 3.02. The molecular weight excluding hydrogens is 405 g/mol. The molecule has 26 heavy (non-hydrogen) atoms. The highest BCUT2D eigenvalue weighted by atomic mass is 79.9. The van der Waals surface area contributed by atoms with E-state index in [-0.39, 0.29) is 17.1 Å². The zero-order chi connectivity index (χ0) is 18.3. The summed E-state index contributed by atoms with van der Waals surface area (Å²) in [6.07, 6.45) is 3.77. The lowest BCUT2D eigenvalue weighted by Gasteiger charge is -2.39. The highest BCUT2D eigenvalue weighted by molar-refractivity contribution is 9.10. The molecule has 0 bridgehead atoms. The SMILES string of the molecule is COC(=O)c1nc(Br)cnc1N1CCC2(CC1)Cc1cc(F)ccc1O2. The molecule has 0 amide bonds. The minimum absolute atomic E-state index is 0.190. The summed E-state index contributed by atoms with van der Waals surface area (Å²) in [6, 6.07) is 4.67. The number of carbonyl (C=O) groups excluding carboxylic acids is 1. The second-order valence-electron chi connectivity index (χ2n) is 6.56. The summed E-state index contributed by atoms with van der Waals surface area (Å²) < 4.78 is 24.9. The summed E-state index contributed by atoms with van der Waals surface area (Å²) in [5, 5.41) is 0. The van der Waals surface area contributed by atoms with E-state index in [2.05, 4.69) is 25.9 Å². The van der Waals surface area contributed by atoms with Crippen molar-refractivity contribution in [2.24, 2.45) is 0 Å². The Bertz CT molecular complexity index is 869. The van der Waals surface area contributed by atoms with E-state index in [0.717, 1.165) is 24.2 Å². The van der Waals surface area contributed by atoms with Crippen LogP contribution in [0.3, 0.4) is 0 Å². The molecule has 8 heteroatoms. The van der Waals surface area contributed by atoms with E-state index in [1.165, 1.54) is 13.2 Å². The number of esters is 1. The molecule has 0 unspecified atom stereocenters. The van der Waals surface area contributed by atoms with Crippen molar-refractivity contribution >= 4 is 27.7 Å². The standard InChI is InChI=1S/C18H17BrFN3O3/c1-25-17(24)15-16(21-10-14(19)22-15)23-6-4-18(5-7-23)9-11-8-12(20)2-3-13(11)26-18/h2-3,8,10H,4-7,9H2,1H3. The van der Waals surface area contributed by atoms with Gasteiger partial charge in [0, 0.05) is 37.9 Å². The number of methoxy groups -OCH3 is 1. The van der Waals surface area contributed by atoms with Gasteiger partial charge in [-0.2, -0.15) is 0 Å². The van der Waals surface area contributed by atoms with E-state index >= 15 is 0 Å². The molecule has 0 saturated carbocycles. The summed E-state index contributed by atoms with van der Waals surface area (Å²) >= 11 is 3.24. The van der Waals surface area contributed by atoms with E-state index in [1.54, 1.807) is 18.3 Å². The lowest BCUT2D eigenvalue weighted by molar-refractivity contribution is 0.0591. The maximum atomic E-state index is 13.5. The van der Waals surface area contributed by atoms with Crippen LogP contribution >= 0.6 is 15.9 Å². The molecule has 0 atom stereocenters. The molecule has 6 nitrogen and oxygen atoms in total. The topological polar surface area (TPSA) is 64.5 Å². The van der Waals surface area contributed by atoms with E-state index in [4.69, 9.17) is 9.47 Å². The van der Waals surface area contributed by atoms with Crippen molar-refractivity contribution in [3.05, 3.63) is 46.1 Å². The van der Waals surface area contributed by atoms with Crippen LogP contribution in [0.25, 0.3) is 0 Å². The number of hydrogen-bond acceptors (Lipinski definition) is 6. The van der Waals surface area contributed by atoms with Crippen LogP contribution in [-0.4, -0.2) is 41.7 Å². The average molecular weight is 422 g/mol. The molecule has 1 spiro atoms. The number of benzene rings is 1. The largest absolute Gasteiger partial charge is 0.487 e. The second-order valence-corrected chi connectivity index (χ2v) is 7.37. The van der Waals surface area contributed by atoms with Gasteiger partial charge in [0.05, 0.1) is 13.3 Å². The van der Waals surface area contributed by atoms with Gasteiger partial charge in [0.1, 0.15) is 21.8 Å². The van der Waals surface area contributed by atoms with Crippen LogP contribution in [0.2, 0.25) is 0 Å². The van der Waals surface area contributed by atoms with Crippen LogP contribution in [0.1, 0.15) is 28.9 Å². The molecule has 0 N–H and O–H groups in total. The molecule has 0 aliphatic carbocycles. The first kappa shape index (κ1) is 17.2. The third-order valence-corrected chi connectivity index (χ3v) is 5.32. The molecule has 3 heterocycles. The zero-order valence-corrected chi connectivity index (χ0v) is 15.8. The number of rotatable bonds is 2. The minimum atomic E-state index is -0.519. The lowest BCUT2D eigenvalue weighted by Crippen LogP contribution is -2.48. The van der Waals surface area contributed by atoms with Crippen molar-refractivity contribution in [3.8, 4) is 5.75 Å². The molecule has 2 aromatic rings. The van der Waals surface area contributed by atoms with E-state index in [0.29, 0.717) is 29.9 Å². The van der Waals surface area contributed by atoms with Gasteiger partial charge in [0.2, 0.25) is 0 Å². The number of halogens is 2. The monoisotopic (exact) mass is 421 g/mol. The van der Waals surface area contributed by atoms with Gasteiger partial charge in [-0.15, -0.1) is 0 Å². The van der Waals surface area contributed by atoms with Crippen molar-refractivity contribution in [3.63, 3.8) is 0 Å². The number of ether oxygens (including phenoxy) is 2. The van der Waals surface area contributed by atoms with Crippen LogP contribution < -0.4 is 9.64 Å². The first-order valence-corrected chi connectivity index (χ1v) is 9.12. The number of nitrogens with zero attached hydrogens (tertiary/aromatic N) is 3. The van der Waals surface area contributed by atoms with Crippen LogP contribution in [0.15, 0.2) is 29.0 Å². The Morgan fingerprint density at radius 1 is 1.38 bits per heavy atom. The second kappa shape index (κ2) is 6.50. The fraction of sp³-hybridized carbons (Fsp3) is 0.389. The summed E-state index contributed by atoms with van der Waals surface area (Å²) in [5.41, 5.74) is 0.786. The smallest absolute Gasteiger partial charge is 0.360 e. The maximum Gasteiger partial charge on any atom is 0.360 e. The average Bonchev–Trinajstić information content (AvgIpc) is 2.98. The number of anilines is 1. The number of fused-ring (bicyclic) bond motifs is 1. The summed E-state index contributed by atoms with van der Waals surface area (Å²) in [4.78, 5) is 22.6. The third-order valence-electron chi connectivity index (χ3n) is 4.94. The highest BCUT2D eigenvalue weighted by Crippen LogP contribution is 2.42. The van der Waals surface area contributed by atoms with Crippen molar-refractivity contribution in [1.29, 1.82) is 0 Å². The number of carbonyl (C=O) groups is 1. The van der Waals surface area contributed by atoms with Gasteiger partial charge >= 0.3 is 5.97 Å². The Morgan fingerprint density at radius 2 is 2.15 bits per heavy atom. The van der Waals surface area contributed by atoms with Crippen LogP contribution in [-0.2, 0) is 11.2 Å². The molecule has 1 saturated heterocycles. The van der Waals surface area contributed by atoms with Gasteiger partial charge in [-0.05, 0) is 34.1 Å². The van der Waals surface area contributed by atoms with E-state index in [1.807, 2.05) is 4.90 Å². The van der Waals surface area contributed by atoms with Crippen molar-refractivity contribution in [2.45, 2.75) is 24.9 Å². The van der Waals surface area contributed by atoms with E-state index < -0.39 is 5.97 Å². The number of aromatic nitrogens is 2. The lowest BCUT2D eigenvalue weighted by atomic mass is 9.87. The number of piperidine rings is 1. The molecule has 4 rings (SSSR count). The Balaban J connectivity index is 1.52. The van der Waals surface area contributed by atoms with Gasteiger partial charge in [-0.3, -0.25) is 0 Å². The van der Waals surface area contributed by atoms with Crippen LogP contribution in [0.4, 0.5) is 10.2 Å². The first-order chi connectivity index (χ1) is 12.5. The summed E-state index contributed by atoms with van der Waals surface area (Å²) in [6.45, 7) is 1.33. The Kier molecular flexibility index (Phi) is 4.30. The fourth-order valence-electron chi connectivity index (χ4n) is 3.63. The number of hydrogen-bond donors (Lipinski definition) is 0. The highest BCUT2D eigenvalue weighted by Gasteiger charge is 2.42. The molecule has 1 fully saturated rings.